The third kappa shape index (κ3) is 3.06. The number of Topliss-reactive ketones (excluding diaryl/α,β-unsaturated/α-hetero) is 1. The summed E-state index contributed by atoms with van der Waals surface area (Å²) in [6, 6.07) is 16.2. The highest BCUT2D eigenvalue weighted by Gasteiger charge is 2.14. The van der Waals surface area contributed by atoms with Gasteiger partial charge in [-0.3, -0.25) is 14.5 Å². The van der Waals surface area contributed by atoms with E-state index < -0.39 is 0 Å². The van der Waals surface area contributed by atoms with Crippen molar-refractivity contribution in [1.29, 1.82) is 0 Å². The molecule has 0 atom stereocenters. The summed E-state index contributed by atoms with van der Waals surface area (Å²) in [4.78, 5) is 24.9. The summed E-state index contributed by atoms with van der Waals surface area (Å²) in [6.07, 6.45) is 0. The lowest BCUT2D eigenvalue weighted by atomic mass is 10.1. The van der Waals surface area contributed by atoms with E-state index >= 15 is 0 Å². The number of hydrogen-bond donors (Lipinski definition) is 0. The Morgan fingerprint density at radius 1 is 0.950 bits per heavy atom. The van der Waals surface area contributed by atoms with Crippen molar-refractivity contribution in [3.8, 4) is 0 Å². The summed E-state index contributed by atoms with van der Waals surface area (Å²) in [7, 11) is 0. The number of amides is 1. The molecule has 0 heterocycles. The molecule has 0 spiro atoms. The Hall–Kier alpha value is -2.13. The largest absolute Gasteiger partial charge is 0.293 e. The second-order valence-electron chi connectivity index (χ2n) is 4.29. The highest BCUT2D eigenvalue weighted by molar-refractivity contribution is 6.30. The van der Waals surface area contributed by atoms with Gasteiger partial charge in [0.15, 0.2) is 5.78 Å². The van der Waals surface area contributed by atoms with Crippen molar-refractivity contribution in [2.45, 2.75) is 6.92 Å². The smallest absolute Gasteiger partial charge is 0.228 e. The standard InChI is InChI=1S/C16H14ClNO2/c1-12(19)18(14-5-3-2-4-6-14)15-9-7-13(8-10-15)16(20)11-17/h2-10H,11H2,1H3. The van der Waals surface area contributed by atoms with Crippen LogP contribution in [0.5, 0.6) is 0 Å². The number of rotatable bonds is 4. The Morgan fingerprint density at radius 2 is 1.50 bits per heavy atom. The van der Waals surface area contributed by atoms with Crippen LogP contribution in [0.1, 0.15) is 17.3 Å². The highest BCUT2D eigenvalue weighted by atomic mass is 35.5. The summed E-state index contributed by atoms with van der Waals surface area (Å²) in [5.41, 5.74) is 2.05. The van der Waals surface area contributed by atoms with Gasteiger partial charge in [0.25, 0.3) is 0 Å². The predicted octanol–water partition coefficient (Wildman–Crippen LogP) is 3.79. The number of nitrogens with zero attached hydrogens (tertiary/aromatic N) is 1. The quantitative estimate of drug-likeness (QED) is 0.634. The minimum atomic E-state index is -0.132. The van der Waals surface area contributed by atoms with Crippen molar-refractivity contribution in [1.82, 2.24) is 0 Å². The summed E-state index contributed by atoms with van der Waals surface area (Å²) in [6.45, 7) is 1.50. The maximum Gasteiger partial charge on any atom is 0.228 e. The number of carbonyl (C=O) groups is 2. The van der Waals surface area contributed by atoms with Crippen molar-refractivity contribution in [3.05, 3.63) is 60.2 Å². The van der Waals surface area contributed by atoms with Crippen LogP contribution in [0, 0.1) is 0 Å². The zero-order valence-electron chi connectivity index (χ0n) is 11.0. The molecule has 0 unspecified atom stereocenters. The molecule has 0 aliphatic rings. The first-order chi connectivity index (χ1) is 9.63. The van der Waals surface area contributed by atoms with Crippen LogP contribution in [0.15, 0.2) is 54.6 Å². The second-order valence-corrected chi connectivity index (χ2v) is 4.56. The number of carbonyl (C=O) groups excluding carboxylic acids is 2. The zero-order valence-corrected chi connectivity index (χ0v) is 11.8. The van der Waals surface area contributed by atoms with E-state index in [2.05, 4.69) is 0 Å². The van der Waals surface area contributed by atoms with Crippen LogP contribution in [0.4, 0.5) is 11.4 Å². The molecule has 0 saturated carbocycles. The molecule has 0 aliphatic carbocycles. The Bertz CT molecular complexity index is 608. The van der Waals surface area contributed by atoms with Crippen molar-refractivity contribution in [2.75, 3.05) is 10.8 Å². The van der Waals surface area contributed by atoms with E-state index in [-0.39, 0.29) is 17.6 Å². The Labute approximate surface area is 122 Å². The molecule has 0 radical (unpaired) electrons. The molecule has 4 heteroatoms. The number of alkyl halides is 1. The fourth-order valence-electron chi connectivity index (χ4n) is 1.96. The van der Waals surface area contributed by atoms with E-state index in [4.69, 9.17) is 11.6 Å². The van der Waals surface area contributed by atoms with Crippen molar-refractivity contribution in [2.24, 2.45) is 0 Å². The molecule has 2 aromatic carbocycles. The van der Waals surface area contributed by atoms with E-state index in [0.717, 1.165) is 11.4 Å². The van der Waals surface area contributed by atoms with Crippen LogP contribution >= 0.6 is 11.6 Å². The van der Waals surface area contributed by atoms with Gasteiger partial charge in [0.1, 0.15) is 0 Å². The lowest BCUT2D eigenvalue weighted by Crippen LogP contribution is -2.22. The first-order valence-corrected chi connectivity index (χ1v) is 6.72. The minimum absolute atomic E-state index is 0.0472. The number of hydrogen-bond acceptors (Lipinski definition) is 2. The number of ketones is 1. The average Bonchev–Trinajstić information content (AvgIpc) is 2.48. The second kappa shape index (κ2) is 6.35. The van der Waals surface area contributed by atoms with Gasteiger partial charge in [-0.1, -0.05) is 18.2 Å². The molecule has 20 heavy (non-hydrogen) atoms. The monoisotopic (exact) mass is 287 g/mol. The molecule has 102 valence electrons. The molecule has 0 aromatic heterocycles. The first-order valence-electron chi connectivity index (χ1n) is 6.18. The molecule has 3 nitrogen and oxygen atoms in total. The molecular weight excluding hydrogens is 274 g/mol. The van der Waals surface area contributed by atoms with Gasteiger partial charge in [0.2, 0.25) is 5.91 Å². The topological polar surface area (TPSA) is 37.4 Å². The van der Waals surface area contributed by atoms with Crippen molar-refractivity contribution >= 4 is 34.7 Å². The Balaban J connectivity index is 2.36. The lowest BCUT2D eigenvalue weighted by Gasteiger charge is -2.21. The molecule has 2 aromatic rings. The van der Waals surface area contributed by atoms with Crippen LogP contribution in [-0.2, 0) is 4.79 Å². The first kappa shape index (κ1) is 14.3. The van der Waals surface area contributed by atoms with Crippen LogP contribution in [0.25, 0.3) is 0 Å². The fraction of sp³-hybridized carbons (Fsp3) is 0.125. The van der Waals surface area contributed by atoms with Gasteiger partial charge < -0.3 is 0 Å². The molecule has 0 saturated heterocycles. The van der Waals surface area contributed by atoms with Crippen molar-refractivity contribution < 1.29 is 9.59 Å². The molecule has 0 aliphatic heterocycles. The van der Waals surface area contributed by atoms with Gasteiger partial charge in [-0.2, -0.15) is 0 Å². The molecule has 0 N–H and O–H groups in total. The predicted molar refractivity (Wildman–Crippen MR) is 80.8 cm³/mol. The van der Waals surface area contributed by atoms with Crippen LogP contribution < -0.4 is 4.90 Å². The van der Waals surface area contributed by atoms with Gasteiger partial charge in [-0.05, 0) is 36.4 Å². The highest BCUT2D eigenvalue weighted by Crippen LogP contribution is 2.25. The zero-order chi connectivity index (χ0) is 14.5. The molecule has 0 fully saturated rings. The summed E-state index contributed by atoms with van der Waals surface area (Å²) in [5, 5.41) is 0. The van der Waals surface area contributed by atoms with Crippen molar-refractivity contribution in [3.63, 3.8) is 0 Å². The van der Waals surface area contributed by atoms with E-state index in [1.807, 2.05) is 30.3 Å². The lowest BCUT2D eigenvalue weighted by molar-refractivity contribution is -0.115. The third-order valence-corrected chi connectivity index (χ3v) is 3.14. The minimum Gasteiger partial charge on any atom is -0.293 e. The van der Waals surface area contributed by atoms with Crippen LogP contribution in [0.2, 0.25) is 0 Å². The molecular formula is C16H14ClNO2. The molecule has 2 rings (SSSR count). The summed E-state index contributed by atoms with van der Waals surface area (Å²) >= 11 is 5.52. The number of anilines is 2. The van der Waals surface area contributed by atoms with Gasteiger partial charge in [-0.25, -0.2) is 0 Å². The van der Waals surface area contributed by atoms with Gasteiger partial charge in [0.05, 0.1) is 5.88 Å². The molecule has 1 amide bonds. The van der Waals surface area contributed by atoms with Gasteiger partial charge >= 0.3 is 0 Å². The maximum atomic E-state index is 11.9. The van der Waals surface area contributed by atoms with E-state index in [9.17, 15) is 9.59 Å². The van der Waals surface area contributed by atoms with E-state index in [1.54, 1.807) is 29.2 Å². The molecule has 0 bridgehead atoms. The maximum absolute atomic E-state index is 11.9. The number of para-hydroxylation sites is 1. The summed E-state index contributed by atoms with van der Waals surface area (Å²) < 4.78 is 0. The number of halogens is 1. The SMILES string of the molecule is CC(=O)N(c1ccccc1)c1ccc(C(=O)CCl)cc1. The summed E-state index contributed by atoms with van der Waals surface area (Å²) in [5.74, 6) is -0.269. The normalized spacial score (nSPS) is 10.1. The average molecular weight is 288 g/mol. The van der Waals surface area contributed by atoms with Gasteiger partial charge in [-0.15, -0.1) is 11.6 Å². The fourth-order valence-corrected chi connectivity index (χ4v) is 2.12. The number of benzene rings is 2. The van der Waals surface area contributed by atoms with Crippen LogP contribution in [-0.4, -0.2) is 17.6 Å². The third-order valence-electron chi connectivity index (χ3n) is 2.90. The Morgan fingerprint density at radius 3 is 2.00 bits per heavy atom. The van der Waals surface area contributed by atoms with Crippen LogP contribution in [0.3, 0.4) is 0 Å². The van der Waals surface area contributed by atoms with E-state index in [0.29, 0.717) is 5.56 Å². The van der Waals surface area contributed by atoms with E-state index in [1.165, 1.54) is 6.92 Å². The van der Waals surface area contributed by atoms with Gasteiger partial charge in [0, 0.05) is 23.9 Å². The Kier molecular flexibility index (Phi) is 4.53.